The van der Waals surface area contributed by atoms with Gasteiger partial charge in [-0.2, -0.15) is 0 Å². The zero-order chi connectivity index (χ0) is 14.9. The van der Waals surface area contributed by atoms with Crippen LogP contribution in [-0.2, 0) is 4.74 Å². The third-order valence-corrected chi connectivity index (χ3v) is 6.34. The summed E-state index contributed by atoms with van der Waals surface area (Å²) in [6.45, 7) is 14.5. The van der Waals surface area contributed by atoms with Crippen molar-refractivity contribution in [2.75, 3.05) is 13.2 Å². The Morgan fingerprint density at radius 3 is 2.65 bits per heavy atom. The van der Waals surface area contributed by atoms with Crippen LogP contribution in [0.4, 0.5) is 4.79 Å². The summed E-state index contributed by atoms with van der Waals surface area (Å²) in [5, 5.41) is 0. The number of hydrogen-bond donors (Lipinski definition) is 0. The Bertz CT molecular complexity index is 388. The van der Waals surface area contributed by atoms with Crippen molar-refractivity contribution in [2.45, 2.75) is 57.9 Å². The minimum atomic E-state index is -1.14. The van der Waals surface area contributed by atoms with E-state index in [4.69, 9.17) is 4.74 Å². The first-order chi connectivity index (χ1) is 9.28. The molecule has 1 aliphatic carbocycles. The number of nitrogens with zero attached hydrogens (tertiary/aromatic N) is 1. The zero-order valence-electron chi connectivity index (χ0n) is 13.4. The van der Waals surface area contributed by atoms with Crippen LogP contribution in [0, 0.1) is 11.8 Å². The van der Waals surface area contributed by atoms with Crippen LogP contribution in [0.1, 0.15) is 26.2 Å². The van der Waals surface area contributed by atoms with Gasteiger partial charge in [0.1, 0.15) is 0 Å². The molecule has 0 aromatic heterocycles. The van der Waals surface area contributed by atoms with E-state index in [9.17, 15) is 4.79 Å². The third-order valence-electron chi connectivity index (χ3n) is 4.64. The minimum Gasteiger partial charge on any atom is -0.450 e. The molecule has 1 aliphatic heterocycles. The van der Waals surface area contributed by atoms with Gasteiger partial charge in [0.25, 0.3) is 0 Å². The van der Waals surface area contributed by atoms with Gasteiger partial charge in [0, 0.05) is 14.6 Å². The standard InChI is InChI=1S/C16H29NO2Si/c1-12(2)15-14-7-6-13(10-14)11-17(15)16(18)19-8-9-20(3,4)5/h13-15H,1,6-11H2,2-5H3/t13-,14+,15-/m0/s1. The molecule has 0 unspecified atom stereocenters. The maximum atomic E-state index is 12.4. The molecule has 2 aliphatic rings. The van der Waals surface area contributed by atoms with E-state index in [-0.39, 0.29) is 12.1 Å². The molecular weight excluding hydrogens is 266 g/mol. The average molecular weight is 295 g/mol. The maximum absolute atomic E-state index is 12.4. The van der Waals surface area contributed by atoms with Gasteiger partial charge in [-0.15, -0.1) is 0 Å². The first-order valence-electron chi connectivity index (χ1n) is 7.87. The fourth-order valence-corrected chi connectivity index (χ4v) is 4.31. The smallest absolute Gasteiger partial charge is 0.410 e. The van der Waals surface area contributed by atoms with E-state index >= 15 is 0 Å². The molecule has 3 nitrogen and oxygen atoms in total. The lowest BCUT2D eigenvalue weighted by atomic mass is 9.87. The summed E-state index contributed by atoms with van der Waals surface area (Å²) in [7, 11) is -1.14. The maximum Gasteiger partial charge on any atom is 0.410 e. The van der Waals surface area contributed by atoms with Crippen molar-refractivity contribution in [3.05, 3.63) is 12.2 Å². The molecule has 4 heteroatoms. The summed E-state index contributed by atoms with van der Waals surface area (Å²) in [5.41, 5.74) is 1.11. The lowest BCUT2D eigenvalue weighted by Gasteiger charge is -2.40. The van der Waals surface area contributed by atoms with Crippen LogP contribution in [0.5, 0.6) is 0 Å². The van der Waals surface area contributed by atoms with Gasteiger partial charge in [0.05, 0.1) is 12.6 Å². The van der Waals surface area contributed by atoms with Gasteiger partial charge in [-0.05, 0) is 44.1 Å². The molecule has 1 amide bonds. The quantitative estimate of drug-likeness (QED) is 0.576. The number of piperidine rings is 1. The topological polar surface area (TPSA) is 29.5 Å². The molecule has 0 spiro atoms. The van der Waals surface area contributed by atoms with Crippen LogP contribution in [0.25, 0.3) is 0 Å². The molecular formula is C16H29NO2Si. The second-order valence-electron chi connectivity index (χ2n) is 7.81. The number of rotatable bonds is 4. The highest BCUT2D eigenvalue weighted by Gasteiger charge is 2.43. The molecule has 1 heterocycles. The predicted molar refractivity (Wildman–Crippen MR) is 85.6 cm³/mol. The van der Waals surface area contributed by atoms with Gasteiger partial charge >= 0.3 is 6.09 Å². The molecule has 2 fully saturated rings. The molecule has 20 heavy (non-hydrogen) atoms. The zero-order valence-corrected chi connectivity index (χ0v) is 14.4. The second-order valence-corrected chi connectivity index (χ2v) is 13.4. The molecule has 1 saturated carbocycles. The van der Waals surface area contributed by atoms with E-state index in [0.29, 0.717) is 18.4 Å². The van der Waals surface area contributed by atoms with Crippen molar-refractivity contribution >= 4 is 14.2 Å². The van der Waals surface area contributed by atoms with Crippen LogP contribution >= 0.6 is 0 Å². The number of fused-ring (bicyclic) bond motifs is 2. The fourth-order valence-electron chi connectivity index (χ4n) is 3.60. The number of hydrogen-bond acceptors (Lipinski definition) is 2. The van der Waals surface area contributed by atoms with Crippen LogP contribution < -0.4 is 0 Å². The van der Waals surface area contributed by atoms with E-state index in [0.717, 1.165) is 18.2 Å². The van der Waals surface area contributed by atoms with Crippen molar-refractivity contribution < 1.29 is 9.53 Å². The molecule has 0 N–H and O–H groups in total. The van der Waals surface area contributed by atoms with Gasteiger partial charge in [0.2, 0.25) is 0 Å². The van der Waals surface area contributed by atoms with Crippen molar-refractivity contribution in [1.29, 1.82) is 0 Å². The lowest BCUT2D eigenvalue weighted by molar-refractivity contribution is 0.0651. The van der Waals surface area contributed by atoms with Gasteiger partial charge in [0.15, 0.2) is 0 Å². The van der Waals surface area contributed by atoms with E-state index < -0.39 is 8.07 Å². The SMILES string of the molecule is C=C(C)[C@H]1[C@@H]2CC[C@@H](C2)CN1C(=O)OCC[Si](C)(C)C. The van der Waals surface area contributed by atoms with Crippen molar-refractivity contribution in [3.63, 3.8) is 0 Å². The Labute approximate surface area is 124 Å². The number of likely N-dealkylation sites (tertiary alicyclic amines) is 1. The van der Waals surface area contributed by atoms with E-state index in [1.807, 2.05) is 11.8 Å². The summed E-state index contributed by atoms with van der Waals surface area (Å²) in [6.07, 6.45) is 3.64. The molecule has 1 saturated heterocycles. The highest BCUT2D eigenvalue weighted by Crippen LogP contribution is 2.42. The molecule has 0 radical (unpaired) electrons. The van der Waals surface area contributed by atoms with E-state index in [2.05, 4.69) is 26.2 Å². The first-order valence-corrected chi connectivity index (χ1v) is 11.6. The van der Waals surface area contributed by atoms with Crippen molar-refractivity contribution in [1.82, 2.24) is 4.90 Å². The third kappa shape index (κ3) is 3.66. The normalized spacial score (nSPS) is 29.4. The molecule has 0 aromatic rings. The lowest BCUT2D eigenvalue weighted by Crippen LogP contribution is -2.49. The Morgan fingerprint density at radius 1 is 1.35 bits per heavy atom. The Balaban J connectivity index is 1.95. The largest absolute Gasteiger partial charge is 0.450 e. The molecule has 2 bridgehead atoms. The highest BCUT2D eigenvalue weighted by atomic mass is 28.3. The second kappa shape index (κ2) is 5.92. The minimum absolute atomic E-state index is 0.118. The van der Waals surface area contributed by atoms with E-state index in [1.54, 1.807) is 0 Å². The molecule has 2 rings (SSSR count). The number of amides is 1. The van der Waals surface area contributed by atoms with Gasteiger partial charge in [-0.3, -0.25) is 0 Å². The van der Waals surface area contributed by atoms with Crippen LogP contribution in [0.15, 0.2) is 12.2 Å². The van der Waals surface area contributed by atoms with Crippen molar-refractivity contribution in [2.24, 2.45) is 11.8 Å². The van der Waals surface area contributed by atoms with Gasteiger partial charge < -0.3 is 9.64 Å². The Hall–Kier alpha value is -0.773. The van der Waals surface area contributed by atoms with Gasteiger partial charge in [-0.25, -0.2) is 4.79 Å². The number of carbonyl (C=O) groups is 1. The highest BCUT2D eigenvalue weighted by molar-refractivity contribution is 6.76. The Kier molecular flexibility index (Phi) is 4.62. The summed E-state index contributed by atoms with van der Waals surface area (Å²) < 4.78 is 5.54. The number of carbonyl (C=O) groups excluding carboxylic acids is 1. The predicted octanol–water partition coefficient (Wildman–Crippen LogP) is 4.14. The van der Waals surface area contributed by atoms with Crippen LogP contribution in [-0.4, -0.2) is 38.3 Å². The summed E-state index contributed by atoms with van der Waals surface area (Å²) >= 11 is 0. The Morgan fingerprint density at radius 2 is 2.05 bits per heavy atom. The first kappa shape index (κ1) is 15.6. The summed E-state index contributed by atoms with van der Waals surface area (Å²) in [6, 6.07) is 1.24. The van der Waals surface area contributed by atoms with E-state index in [1.165, 1.54) is 19.3 Å². The van der Waals surface area contributed by atoms with Crippen molar-refractivity contribution in [3.8, 4) is 0 Å². The van der Waals surface area contributed by atoms with Gasteiger partial charge in [-0.1, -0.05) is 31.8 Å². The number of ether oxygens (including phenoxy) is 1. The molecule has 0 aromatic carbocycles. The fraction of sp³-hybridized carbons (Fsp3) is 0.812. The van der Waals surface area contributed by atoms with Crippen LogP contribution in [0.2, 0.25) is 25.7 Å². The monoisotopic (exact) mass is 295 g/mol. The molecule has 114 valence electrons. The summed E-state index contributed by atoms with van der Waals surface area (Å²) in [5.74, 6) is 1.29. The molecule has 3 atom stereocenters. The summed E-state index contributed by atoms with van der Waals surface area (Å²) in [4.78, 5) is 14.4. The average Bonchev–Trinajstić information content (AvgIpc) is 2.68. The van der Waals surface area contributed by atoms with Crippen LogP contribution in [0.3, 0.4) is 0 Å².